The highest BCUT2D eigenvalue weighted by Gasteiger charge is 2.30. The number of anilines is 2. The Balaban J connectivity index is 2.09. The Labute approximate surface area is 132 Å². The average molecular weight is 344 g/mol. The molecule has 2 aromatic rings. The highest BCUT2D eigenvalue weighted by Crippen LogP contribution is 2.30. The van der Waals surface area contributed by atoms with E-state index in [2.05, 4.69) is 0 Å². The number of alkyl halides is 3. The van der Waals surface area contributed by atoms with Gasteiger partial charge in [-0.2, -0.15) is 13.2 Å². The van der Waals surface area contributed by atoms with Gasteiger partial charge in [-0.15, -0.1) is 0 Å². The molecular weight excluding hydrogens is 335 g/mol. The van der Waals surface area contributed by atoms with Gasteiger partial charge in [0.2, 0.25) is 0 Å². The second-order valence-corrected chi connectivity index (χ2v) is 4.61. The highest BCUT2D eigenvalue weighted by molar-refractivity contribution is 6.43. The monoisotopic (exact) mass is 344 g/mol. The third-order valence-electron chi connectivity index (χ3n) is 2.83. The molecule has 0 saturated heterocycles. The number of nitrogens with one attached hydrogen (secondary N) is 2. The summed E-state index contributed by atoms with van der Waals surface area (Å²) in [6.45, 7) is 0. The molecule has 0 aliphatic heterocycles. The fraction of sp³-hybridized carbons (Fsp3) is 0.0667. The summed E-state index contributed by atoms with van der Waals surface area (Å²) < 4.78 is 64.0. The standard InChI is InChI=1S/C15H9F5N2O2/c16-9-4-5-11(17)12(7-9)22-14(24)13(23)21-10-3-1-2-8(6-10)15(18,19)20/h1-7H,(H,21,23)(H,22,24). The van der Waals surface area contributed by atoms with Gasteiger partial charge in [0.05, 0.1) is 11.3 Å². The third kappa shape index (κ3) is 4.28. The third-order valence-corrected chi connectivity index (χ3v) is 2.83. The Morgan fingerprint density at radius 2 is 1.54 bits per heavy atom. The van der Waals surface area contributed by atoms with E-state index in [0.717, 1.165) is 30.3 Å². The molecule has 0 bridgehead atoms. The molecule has 0 heterocycles. The molecule has 2 N–H and O–H groups in total. The maximum atomic E-state index is 13.4. The summed E-state index contributed by atoms with van der Waals surface area (Å²) in [5, 5.41) is 3.77. The first-order valence-electron chi connectivity index (χ1n) is 6.41. The van der Waals surface area contributed by atoms with Crippen molar-refractivity contribution in [1.29, 1.82) is 0 Å². The lowest BCUT2D eigenvalue weighted by atomic mass is 10.2. The highest BCUT2D eigenvalue weighted by atomic mass is 19.4. The number of hydrogen-bond donors (Lipinski definition) is 2. The summed E-state index contributed by atoms with van der Waals surface area (Å²) in [6.07, 6.45) is -4.62. The number of rotatable bonds is 2. The van der Waals surface area contributed by atoms with Gasteiger partial charge >= 0.3 is 18.0 Å². The second-order valence-electron chi connectivity index (χ2n) is 4.61. The molecule has 0 unspecified atom stereocenters. The minimum absolute atomic E-state index is 0.273. The average Bonchev–Trinajstić information content (AvgIpc) is 2.50. The van der Waals surface area contributed by atoms with Gasteiger partial charge < -0.3 is 10.6 Å². The second kappa shape index (κ2) is 6.65. The number of carbonyl (C=O) groups is 2. The van der Waals surface area contributed by atoms with Crippen LogP contribution in [-0.4, -0.2) is 11.8 Å². The summed E-state index contributed by atoms with van der Waals surface area (Å²) in [6, 6.07) is 5.83. The molecular formula is C15H9F5N2O2. The molecule has 0 aromatic heterocycles. The predicted octanol–water partition coefficient (Wildman–Crippen LogP) is 3.56. The zero-order valence-electron chi connectivity index (χ0n) is 11.7. The van der Waals surface area contributed by atoms with Crippen LogP contribution in [0.2, 0.25) is 0 Å². The lowest BCUT2D eigenvalue weighted by molar-refractivity contribution is -0.137. The lowest BCUT2D eigenvalue weighted by Gasteiger charge is -2.10. The molecule has 4 nitrogen and oxygen atoms in total. The Morgan fingerprint density at radius 3 is 2.21 bits per heavy atom. The smallest absolute Gasteiger partial charge is 0.318 e. The van der Waals surface area contributed by atoms with Crippen molar-refractivity contribution in [2.75, 3.05) is 10.6 Å². The van der Waals surface area contributed by atoms with E-state index >= 15 is 0 Å². The SMILES string of the molecule is O=C(Nc1cccc(C(F)(F)F)c1)C(=O)Nc1cc(F)ccc1F. The van der Waals surface area contributed by atoms with E-state index in [1.165, 1.54) is 0 Å². The van der Waals surface area contributed by atoms with Crippen LogP contribution in [0.1, 0.15) is 5.56 Å². The molecule has 0 radical (unpaired) electrons. The van der Waals surface area contributed by atoms with Crippen LogP contribution in [0.25, 0.3) is 0 Å². The van der Waals surface area contributed by atoms with Crippen molar-refractivity contribution in [2.45, 2.75) is 6.18 Å². The van der Waals surface area contributed by atoms with E-state index in [1.54, 1.807) is 0 Å². The molecule has 9 heteroatoms. The first-order valence-corrected chi connectivity index (χ1v) is 6.41. The fourth-order valence-electron chi connectivity index (χ4n) is 1.73. The van der Waals surface area contributed by atoms with Crippen LogP contribution >= 0.6 is 0 Å². The Kier molecular flexibility index (Phi) is 4.82. The molecule has 0 aliphatic carbocycles. The molecule has 0 saturated carbocycles. The van der Waals surface area contributed by atoms with Gasteiger partial charge in [-0.25, -0.2) is 8.78 Å². The molecule has 0 atom stereocenters. The minimum Gasteiger partial charge on any atom is -0.318 e. The van der Waals surface area contributed by atoms with Crippen molar-refractivity contribution >= 4 is 23.2 Å². The van der Waals surface area contributed by atoms with Crippen LogP contribution in [0.3, 0.4) is 0 Å². The summed E-state index contributed by atoms with van der Waals surface area (Å²) in [5.74, 6) is -4.52. The maximum Gasteiger partial charge on any atom is 0.416 e. The number of hydrogen-bond acceptors (Lipinski definition) is 2. The summed E-state index contributed by atoms with van der Waals surface area (Å²) in [5.41, 5.74) is -1.86. The van der Waals surface area contributed by atoms with Gasteiger partial charge in [-0.1, -0.05) is 6.07 Å². The van der Waals surface area contributed by atoms with Gasteiger partial charge in [0.15, 0.2) is 0 Å². The van der Waals surface area contributed by atoms with Gasteiger partial charge in [-0.05, 0) is 30.3 Å². The zero-order valence-corrected chi connectivity index (χ0v) is 11.7. The molecule has 2 amide bonds. The summed E-state index contributed by atoms with van der Waals surface area (Å²) >= 11 is 0. The summed E-state index contributed by atoms with van der Waals surface area (Å²) in [4.78, 5) is 23.3. The molecule has 0 spiro atoms. The van der Waals surface area contributed by atoms with Crippen LogP contribution < -0.4 is 10.6 Å². The number of amides is 2. The number of benzene rings is 2. The van der Waals surface area contributed by atoms with E-state index in [9.17, 15) is 31.5 Å². The topological polar surface area (TPSA) is 58.2 Å². The summed E-state index contributed by atoms with van der Waals surface area (Å²) in [7, 11) is 0. The largest absolute Gasteiger partial charge is 0.416 e. The van der Waals surface area contributed by atoms with Gasteiger partial charge in [0.25, 0.3) is 0 Å². The Morgan fingerprint density at radius 1 is 0.875 bits per heavy atom. The molecule has 2 aromatic carbocycles. The van der Waals surface area contributed by atoms with Crippen LogP contribution in [-0.2, 0) is 15.8 Å². The Bertz CT molecular complexity index is 790. The van der Waals surface area contributed by atoms with E-state index < -0.39 is 40.9 Å². The fourth-order valence-corrected chi connectivity index (χ4v) is 1.73. The van der Waals surface area contributed by atoms with E-state index in [0.29, 0.717) is 12.1 Å². The van der Waals surface area contributed by atoms with Crippen molar-refractivity contribution in [3.8, 4) is 0 Å². The van der Waals surface area contributed by atoms with Crippen molar-refractivity contribution in [3.05, 3.63) is 59.7 Å². The quantitative estimate of drug-likeness (QED) is 0.646. The minimum atomic E-state index is -4.62. The zero-order chi connectivity index (χ0) is 17.9. The van der Waals surface area contributed by atoms with Crippen LogP contribution in [0, 0.1) is 11.6 Å². The molecule has 0 aliphatic rings. The van der Waals surface area contributed by atoms with E-state index in [1.807, 2.05) is 10.6 Å². The van der Waals surface area contributed by atoms with Crippen LogP contribution in [0.5, 0.6) is 0 Å². The molecule has 2 rings (SSSR count). The van der Waals surface area contributed by atoms with Crippen LogP contribution in [0.15, 0.2) is 42.5 Å². The normalized spacial score (nSPS) is 11.0. The van der Waals surface area contributed by atoms with Crippen molar-refractivity contribution in [1.82, 2.24) is 0 Å². The van der Waals surface area contributed by atoms with Crippen molar-refractivity contribution in [2.24, 2.45) is 0 Å². The Hall–Kier alpha value is -2.97. The van der Waals surface area contributed by atoms with Gasteiger partial charge in [0.1, 0.15) is 11.6 Å². The first-order chi connectivity index (χ1) is 11.2. The van der Waals surface area contributed by atoms with E-state index in [-0.39, 0.29) is 5.69 Å². The first kappa shape index (κ1) is 17.4. The molecule has 24 heavy (non-hydrogen) atoms. The number of carbonyl (C=O) groups excluding carboxylic acids is 2. The van der Waals surface area contributed by atoms with Crippen molar-refractivity contribution in [3.63, 3.8) is 0 Å². The van der Waals surface area contributed by atoms with Gasteiger partial charge in [0, 0.05) is 11.8 Å². The molecule has 0 fully saturated rings. The molecule has 126 valence electrons. The lowest BCUT2D eigenvalue weighted by Crippen LogP contribution is -2.29. The maximum absolute atomic E-state index is 13.4. The predicted molar refractivity (Wildman–Crippen MR) is 75.1 cm³/mol. The van der Waals surface area contributed by atoms with Crippen molar-refractivity contribution < 1.29 is 31.5 Å². The number of halogens is 5. The van der Waals surface area contributed by atoms with Gasteiger partial charge in [-0.3, -0.25) is 9.59 Å². The van der Waals surface area contributed by atoms with E-state index in [4.69, 9.17) is 0 Å². The van der Waals surface area contributed by atoms with Crippen LogP contribution in [0.4, 0.5) is 33.3 Å².